The molecule has 0 unspecified atom stereocenters. The number of nitrogens with zero attached hydrogens (tertiary/aromatic N) is 2. The minimum atomic E-state index is -4.99. The van der Waals surface area contributed by atoms with Crippen molar-refractivity contribution in [2.45, 2.75) is 6.36 Å². The van der Waals surface area contributed by atoms with E-state index >= 15 is 0 Å². The van der Waals surface area contributed by atoms with E-state index in [1.807, 2.05) is 0 Å². The maximum absolute atomic E-state index is 13.8. The summed E-state index contributed by atoms with van der Waals surface area (Å²) < 4.78 is 59.2. The molecular formula is C16H9F4N3O4. The second-order valence-electron chi connectivity index (χ2n) is 5.12. The van der Waals surface area contributed by atoms with Gasteiger partial charge in [-0.05, 0) is 35.4 Å². The van der Waals surface area contributed by atoms with E-state index in [2.05, 4.69) is 20.1 Å². The van der Waals surface area contributed by atoms with Crippen LogP contribution in [0.25, 0.3) is 11.1 Å². The van der Waals surface area contributed by atoms with E-state index in [1.54, 1.807) is 0 Å². The lowest BCUT2D eigenvalue weighted by Crippen LogP contribution is -2.17. The first-order valence-corrected chi connectivity index (χ1v) is 7.21. The molecule has 0 fully saturated rings. The molecule has 2 aromatic carbocycles. The van der Waals surface area contributed by atoms with Crippen molar-refractivity contribution in [3.05, 3.63) is 54.0 Å². The largest absolute Gasteiger partial charge is 0.573 e. The van der Waals surface area contributed by atoms with Crippen LogP contribution in [-0.4, -0.2) is 32.8 Å². The summed E-state index contributed by atoms with van der Waals surface area (Å²) in [4.78, 5) is 11.0. The van der Waals surface area contributed by atoms with Gasteiger partial charge in [-0.1, -0.05) is 28.5 Å². The molecule has 0 radical (unpaired) electrons. The molecule has 0 bridgehead atoms. The highest BCUT2D eigenvalue weighted by atomic mass is 19.4. The molecule has 0 atom stereocenters. The van der Waals surface area contributed by atoms with Gasteiger partial charge >= 0.3 is 12.3 Å². The highest BCUT2D eigenvalue weighted by Gasteiger charge is 2.32. The van der Waals surface area contributed by atoms with Crippen molar-refractivity contribution in [2.24, 2.45) is 0 Å². The lowest BCUT2D eigenvalue weighted by molar-refractivity contribution is -0.275. The Hall–Kier alpha value is -3.63. The average molecular weight is 383 g/mol. The van der Waals surface area contributed by atoms with Gasteiger partial charge in [0.05, 0.1) is 0 Å². The summed E-state index contributed by atoms with van der Waals surface area (Å²) in [6.45, 7) is 0. The van der Waals surface area contributed by atoms with Gasteiger partial charge in [-0.15, -0.1) is 13.2 Å². The smallest absolute Gasteiger partial charge is 0.476 e. The first-order valence-electron chi connectivity index (χ1n) is 7.21. The van der Waals surface area contributed by atoms with Gasteiger partial charge in [0.15, 0.2) is 11.6 Å². The molecule has 0 amide bonds. The molecule has 140 valence electrons. The van der Waals surface area contributed by atoms with Gasteiger partial charge in [0.2, 0.25) is 5.69 Å². The predicted octanol–water partition coefficient (Wildman–Crippen LogP) is 4.00. The van der Waals surface area contributed by atoms with Gasteiger partial charge in [0.1, 0.15) is 5.75 Å². The number of halogens is 4. The number of alkyl halides is 3. The fourth-order valence-electron chi connectivity index (χ4n) is 2.14. The summed E-state index contributed by atoms with van der Waals surface area (Å²) in [5.41, 5.74) is 0.459. The average Bonchev–Trinajstić information content (AvgIpc) is 3.05. The molecule has 0 aliphatic rings. The number of H-pyrrole nitrogens is 1. The Bertz CT molecular complexity index is 971. The molecular weight excluding hydrogens is 374 g/mol. The first-order chi connectivity index (χ1) is 12.7. The Morgan fingerprint density at radius 2 is 1.74 bits per heavy atom. The third-order valence-electron chi connectivity index (χ3n) is 3.29. The number of aromatic amines is 1. The van der Waals surface area contributed by atoms with Gasteiger partial charge in [0, 0.05) is 0 Å². The van der Waals surface area contributed by atoms with Crippen LogP contribution >= 0.6 is 0 Å². The minimum Gasteiger partial charge on any atom is -0.476 e. The number of carbonyl (C=O) groups is 1. The van der Waals surface area contributed by atoms with E-state index < -0.39 is 23.9 Å². The Labute approximate surface area is 148 Å². The zero-order chi connectivity index (χ0) is 19.6. The van der Waals surface area contributed by atoms with Crippen molar-refractivity contribution >= 4 is 5.97 Å². The van der Waals surface area contributed by atoms with Gasteiger partial charge in [-0.25, -0.2) is 14.3 Å². The second-order valence-corrected chi connectivity index (χ2v) is 5.12. The van der Waals surface area contributed by atoms with Gasteiger partial charge in [-0.2, -0.15) is 0 Å². The molecule has 1 aromatic heterocycles. The van der Waals surface area contributed by atoms with Crippen molar-refractivity contribution in [3.8, 4) is 28.5 Å². The van der Waals surface area contributed by atoms with Gasteiger partial charge in [-0.3, -0.25) is 0 Å². The summed E-state index contributed by atoms with van der Waals surface area (Å²) in [7, 11) is 0. The minimum absolute atomic E-state index is 0.229. The van der Waals surface area contributed by atoms with Gasteiger partial charge in [0.25, 0.3) is 5.88 Å². The van der Waals surface area contributed by atoms with Crippen LogP contribution in [0.4, 0.5) is 17.6 Å². The number of carboxylic acid groups (broad SMARTS) is 1. The van der Waals surface area contributed by atoms with Crippen LogP contribution in [0.3, 0.4) is 0 Å². The Kier molecular flexibility index (Phi) is 4.67. The topological polar surface area (TPSA) is 97.3 Å². The van der Waals surface area contributed by atoms with Crippen molar-refractivity contribution in [1.29, 1.82) is 0 Å². The predicted molar refractivity (Wildman–Crippen MR) is 81.9 cm³/mol. The summed E-state index contributed by atoms with van der Waals surface area (Å²) in [6, 6.07) is 8.96. The summed E-state index contributed by atoms with van der Waals surface area (Å²) in [6.07, 6.45) is -4.99. The van der Waals surface area contributed by atoms with E-state index in [-0.39, 0.29) is 17.3 Å². The summed E-state index contributed by atoms with van der Waals surface area (Å²) >= 11 is 0. The molecule has 0 aliphatic carbocycles. The molecule has 0 saturated carbocycles. The highest BCUT2D eigenvalue weighted by molar-refractivity contribution is 5.87. The third-order valence-corrected chi connectivity index (χ3v) is 3.29. The first kappa shape index (κ1) is 18.2. The molecule has 0 spiro atoms. The van der Waals surface area contributed by atoms with Crippen LogP contribution in [0.2, 0.25) is 0 Å². The molecule has 27 heavy (non-hydrogen) atoms. The standard InChI is InChI=1S/C16H9F4N3O4/c17-11-7-9(3-6-12(11)27-16(18,19)20)8-1-4-10(5-2-8)26-14-13(15(24)25)21-23-22-14/h1-7H,(H,24,25)(H,21,22,23). The van der Waals surface area contributed by atoms with Crippen LogP contribution in [-0.2, 0) is 0 Å². The van der Waals surface area contributed by atoms with Crippen LogP contribution in [0.1, 0.15) is 10.5 Å². The van der Waals surface area contributed by atoms with Crippen LogP contribution < -0.4 is 9.47 Å². The van der Waals surface area contributed by atoms with E-state index in [0.717, 1.165) is 12.1 Å². The lowest BCUT2D eigenvalue weighted by atomic mass is 10.1. The van der Waals surface area contributed by atoms with Crippen LogP contribution in [0.15, 0.2) is 42.5 Å². The number of hydrogen-bond donors (Lipinski definition) is 2. The maximum Gasteiger partial charge on any atom is 0.573 e. The monoisotopic (exact) mass is 383 g/mol. The molecule has 0 aliphatic heterocycles. The lowest BCUT2D eigenvalue weighted by Gasteiger charge is -2.11. The van der Waals surface area contributed by atoms with E-state index in [1.165, 1.54) is 30.3 Å². The number of hydrogen-bond acceptors (Lipinski definition) is 5. The number of rotatable bonds is 5. The molecule has 11 heteroatoms. The Morgan fingerprint density at radius 3 is 2.33 bits per heavy atom. The molecule has 3 rings (SSSR count). The Morgan fingerprint density at radius 1 is 1.07 bits per heavy atom. The number of aromatic carboxylic acids is 1. The van der Waals surface area contributed by atoms with E-state index in [0.29, 0.717) is 11.1 Å². The summed E-state index contributed by atoms with van der Waals surface area (Å²) in [5.74, 6) is -3.41. The number of nitrogens with one attached hydrogen (secondary N) is 1. The zero-order valence-corrected chi connectivity index (χ0v) is 13.1. The third kappa shape index (κ3) is 4.32. The molecule has 1 heterocycles. The van der Waals surface area contributed by atoms with Crippen molar-refractivity contribution in [3.63, 3.8) is 0 Å². The van der Waals surface area contributed by atoms with Gasteiger partial charge < -0.3 is 14.6 Å². The van der Waals surface area contributed by atoms with Crippen LogP contribution in [0.5, 0.6) is 17.4 Å². The number of benzene rings is 2. The van der Waals surface area contributed by atoms with Crippen molar-refractivity contribution in [1.82, 2.24) is 15.4 Å². The molecule has 0 saturated heterocycles. The number of carboxylic acids is 1. The molecule has 7 nitrogen and oxygen atoms in total. The fourth-order valence-corrected chi connectivity index (χ4v) is 2.14. The zero-order valence-electron chi connectivity index (χ0n) is 13.1. The molecule has 3 aromatic rings. The Balaban J connectivity index is 1.78. The fraction of sp³-hybridized carbons (Fsp3) is 0.0625. The number of aromatic nitrogens is 3. The van der Waals surface area contributed by atoms with E-state index in [4.69, 9.17) is 9.84 Å². The second kappa shape index (κ2) is 6.94. The quantitative estimate of drug-likeness (QED) is 0.647. The van der Waals surface area contributed by atoms with Crippen molar-refractivity contribution < 1.29 is 36.9 Å². The van der Waals surface area contributed by atoms with E-state index in [9.17, 15) is 22.4 Å². The van der Waals surface area contributed by atoms with Crippen molar-refractivity contribution in [2.75, 3.05) is 0 Å². The van der Waals surface area contributed by atoms with Crippen LogP contribution in [0, 0.1) is 5.82 Å². The maximum atomic E-state index is 13.8. The number of ether oxygens (including phenoxy) is 2. The highest BCUT2D eigenvalue weighted by Crippen LogP contribution is 2.31. The SMILES string of the molecule is O=C(O)c1[nH]nnc1Oc1ccc(-c2ccc(OC(F)(F)F)c(F)c2)cc1. The molecule has 2 N–H and O–H groups in total. The summed E-state index contributed by atoms with van der Waals surface area (Å²) in [5, 5.41) is 17.9. The normalized spacial score (nSPS) is 11.3.